The first-order valence-corrected chi connectivity index (χ1v) is 42.2. The van der Waals surface area contributed by atoms with E-state index in [1.165, 1.54) is 469 Å². The normalized spacial score (nSPS) is 13.0. The summed E-state index contributed by atoms with van der Waals surface area (Å²) < 4.78 is 0. The lowest BCUT2D eigenvalue weighted by Gasteiger charge is -2.43. The molecule has 0 aliphatic rings. The highest BCUT2D eigenvalue weighted by atomic mass is 14.4. The molecular weight excluding hydrogens is 1020 g/mol. The van der Waals surface area contributed by atoms with Gasteiger partial charge in [-0.15, -0.1) is 0 Å². The minimum atomic E-state index is 0.608. The summed E-state index contributed by atoms with van der Waals surface area (Å²) in [6.45, 7) is 11.7. The van der Waals surface area contributed by atoms with Gasteiger partial charge in [-0.3, -0.25) is 0 Å². The molecule has 0 aliphatic carbocycles. The summed E-state index contributed by atoms with van der Waals surface area (Å²) in [5.41, 5.74) is 0.608. The lowest BCUT2D eigenvalue weighted by molar-refractivity contribution is 0.0813. The minimum absolute atomic E-state index is 0.608. The van der Waals surface area contributed by atoms with Crippen LogP contribution in [0.15, 0.2) is 0 Å². The van der Waals surface area contributed by atoms with Gasteiger partial charge in [-0.05, 0) is 43.4 Å². The van der Waals surface area contributed by atoms with Crippen molar-refractivity contribution in [1.82, 2.24) is 0 Å². The van der Waals surface area contributed by atoms with Crippen LogP contribution in [0.5, 0.6) is 0 Å². The molecule has 0 aromatic heterocycles. The maximum absolute atomic E-state index is 2.35. The molecule has 512 valence electrons. The van der Waals surface area contributed by atoms with Gasteiger partial charge in [0.05, 0.1) is 0 Å². The lowest BCUT2D eigenvalue weighted by atomic mass is 9.62. The second kappa shape index (κ2) is 76.5. The van der Waals surface area contributed by atoms with Crippen molar-refractivity contribution in [3.63, 3.8) is 0 Å². The van der Waals surface area contributed by atoms with E-state index in [4.69, 9.17) is 0 Å². The highest BCUT2D eigenvalue weighted by Crippen LogP contribution is 2.48. The highest BCUT2D eigenvalue weighted by molar-refractivity contribution is 4.87. The molecule has 0 N–H and O–H groups in total. The van der Waals surface area contributed by atoms with Gasteiger partial charge in [0.2, 0.25) is 0 Å². The summed E-state index contributed by atoms with van der Waals surface area (Å²) in [7, 11) is 0. The molecule has 0 saturated heterocycles. The quantitative estimate of drug-likeness (QED) is 0.0533. The van der Waals surface area contributed by atoms with Crippen LogP contribution in [0.4, 0.5) is 0 Å². The Bertz CT molecular complexity index is 1120. The van der Waals surface area contributed by atoms with Crippen molar-refractivity contribution < 1.29 is 0 Å². The van der Waals surface area contributed by atoms with Gasteiger partial charge < -0.3 is 0 Å². The number of hydrogen-bond acceptors (Lipinski definition) is 0. The molecular formula is C85H172. The molecule has 2 unspecified atom stereocenters. The zero-order valence-corrected chi connectivity index (χ0v) is 61.2. The molecule has 0 bridgehead atoms. The van der Waals surface area contributed by atoms with Crippen molar-refractivity contribution >= 4 is 0 Å². The topological polar surface area (TPSA) is 0 Å². The predicted molar refractivity (Wildman–Crippen MR) is 394 cm³/mol. The summed E-state index contributed by atoms with van der Waals surface area (Å²) in [5.74, 6) is 0.979. The van der Waals surface area contributed by atoms with Gasteiger partial charge in [-0.2, -0.15) is 0 Å². The molecule has 0 nitrogen and oxygen atoms in total. The summed E-state index contributed by atoms with van der Waals surface area (Å²) in [6.07, 6.45) is 116. The summed E-state index contributed by atoms with van der Waals surface area (Å²) in [4.78, 5) is 0. The summed E-state index contributed by atoms with van der Waals surface area (Å²) in [5, 5.41) is 0. The van der Waals surface area contributed by atoms with Crippen molar-refractivity contribution in [1.29, 1.82) is 0 Å². The second-order valence-electron chi connectivity index (χ2n) is 29.9. The van der Waals surface area contributed by atoms with Crippen molar-refractivity contribution in [2.24, 2.45) is 11.3 Å². The zero-order valence-electron chi connectivity index (χ0n) is 61.2. The van der Waals surface area contributed by atoms with E-state index in [2.05, 4.69) is 34.6 Å². The minimum Gasteiger partial charge on any atom is -0.0654 e. The van der Waals surface area contributed by atoms with Crippen LogP contribution in [0.25, 0.3) is 0 Å². The van der Waals surface area contributed by atoms with Gasteiger partial charge >= 0.3 is 0 Å². The van der Waals surface area contributed by atoms with Gasteiger partial charge in [0.15, 0.2) is 0 Å². The van der Waals surface area contributed by atoms with Crippen LogP contribution >= 0.6 is 0 Å². The fourth-order valence-corrected chi connectivity index (χ4v) is 15.5. The number of unbranched alkanes of at least 4 members (excludes halogenated alkanes) is 68. The molecule has 0 saturated carbocycles. The fourth-order valence-electron chi connectivity index (χ4n) is 15.5. The van der Waals surface area contributed by atoms with E-state index in [0.717, 1.165) is 5.92 Å². The Balaban J connectivity index is 5.89. The Morgan fingerprint density at radius 2 is 0.235 bits per heavy atom. The molecule has 0 fully saturated rings. The molecule has 0 radical (unpaired) electrons. The van der Waals surface area contributed by atoms with Gasteiger partial charge in [0.25, 0.3) is 0 Å². The SMILES string of the molecule is CCCCCCCCCCCCCCCCCCC(CCCCCCCCCCCCCCCC)(CCCCCCCCCCCCCCCCC)C(CCCCCCCCCCCCCCC)CCCCCCCCCCCCCCCCC. The standard InChI is InChI=1S/C85H172/c1-6-11-16-21-26-31-36-41-45-48-53-58-63-68-73-78-83-85(81-76-71-66-61-56-51-44-39-34-29-24-19-14-9-4,82-77-72-67-62-57-52-47-43-38-33-28-23-18-13-8-3)84(79-74-69-64-59-54-49-40-35-30-25-20-15-10-5)80-75-70-65-60-55-50-46-42-37-32-27-22-17-12-7-2/h84H,6-83H2,1-5H3. The molecule has 2 atom stereocenters. The second-order valence-corrected chi connectivity index (χ2v) is 29.9. The third-order valence-corrected chi connectivity index (χ3v) is 21.5. The first kappa shape index (κ1) is 85.0. The maximum atomic E-state index is 2.35. The monoisotopic (exact) mass is 1190 g/mol. The van der Waals surface area contributed by atoms with E-state index in [-0.39, 0.29) is 0 Å². The van der Waals surface area contributed by atoms with Crippen LogP contribution in [-0.4, -0.2) is 0 Å². The van der Waals surface area contributed by atoms with Crippen LogP contribution < -0.4 is 0 Å². The van der Waals surface area contributed by atoms with Crippen LogP contribution in [0.1, 0.15) is 535 Å². The van der Waals surface area contributed by atoms with Crippen molar-refractivity contribution in [3.05, 3.63) is 0 Å². The van der Waals surface area contributed by atoms with Crippen LogP contribution in [0.2, 0.25) is 0 Å². The molecule has 0 heteroatoms. The predicted octanol–water partition coefficient (Wildman–Crippen LogP) is 33.1. The number of hydrogen-bond donors (Lipinski definition) is 0. The Hall–Kier alpha value is 0. The Labute approximate surface area is 543 Å². The largest absolute Gasteiger partial charge is 0.0654 e. The molecule has 0 aliphatic heterocycles. The van der Waals surface area contributed by atoms with Crippen LogP contribution in [0, 0.1) is 11.3 Å². The first-order chi connectivity index (χ1) is 42.2. The highest BCUT2D eigenvalue weighted by Gasteiger charge is 2.36. The molecule has 0 heterocycles. The van der Waals surface area contributed by atoms with Gasteiger partial charge in [0.1, 0.15) is 0 Å². The average Bonchev–Trinajstić information content (AvgIpc) is 3.66. The van der Waals surface area contributed by atoms with E-state index in [9.17, 15) is 0 Å². The van der Waals surface area contributed by atoms with Crippen LogP contribution in [-0.2, 0) is 0 Å². The van der Waals surface area contributed by atoms with Crippen LogP contribution in [0.3, 0.4) is 0 Å². The van der Waals surface area contributed by atoms with E-state index in [0.29, 0.717) is 5.41 Å². The first-order valence-electron chi connectivity index (χ1n) is 42.2. The van der Waals surface area contributed by atoms with Crippen molar-refractivity contribution in [2.45, 2.75) is 535 Å². The molecule has 0 aromatic carbocycles. The smallest absolute Gasteiger partial charge is 0.0269 e. The Morgan fingerprint density at radius 3 is 0.365 bits per heavy atom. The van der Waals surface area contributed by atoms with E-state index < -0.39 is 0 Å². The van der Waals surface area contributed by atoms with Gasteiger partial charge in [-0.25, -0.2) is 0 Å². The van der Waals surface area contributed by atoms with E-state index in [1.807, 2.05) is 0 Å². The Morgan fingerprint density at radius 1 is 0.129 bits per heavy atom. The Kier molecular flexibility index (Phi) is 76.5. The van der Waals surface area contributed by atoms with Crippen molar-refractivity contribution in [2.75, 3.05) is 0 Å². The average molecular weight is 1190 g/mol. The molecule has 85 heavy (non-hydrogen) atoms. The molecule has 0 rings (SSSR count). The maximum Gasteiger partial charge on any atom is -0.0269 e. The number of rotatable bonds is 79. The molecule has 0 aromatic rings. The summed E-state index contributed by atoms with van der Waals surface area (Å²) >= 11 is 0. The third kappa shape index (κ3) is 66.7. The lowest BCUT2D eigenvalue weighted by Crippen LogP contribution is -2.32. The van der Waals surface area contributed by atoms with E-state index >= 15 is 0 Å². The van der Waals surface area contributed by atoms with Gasteiger partial charge in [-0.1, -0.05) is 503 Å². The molecule has 0 amide bonds. The van der Waals surface area contributed by atoms with Gasteiger partial charge in [0, 0.05) is 0 Å². The molecule has 0 spiro atoms. The fraction of sp³-hybridized carbons (Fsp3) is 1.00. The zero-order chi connectivity index (χ0) is 61.2. The third-order valence-electron chi connectivity index (χ3n) is 21.5. The van der Waals surface area contributed by atoms with Crippen molar-refractivity contribution in [3.8, 4) is 0 Å². The summed E-state index contributed by atoms with van der Waals surface area (Å²) in [6, 6.07) is 0. The van der Waals surface area contributed by atoms with E-state index in [1.54, 1.807) is 32.1 Å².